The third-order valence-corrected chi connectivity index (χ3v) is 8.18. The normalized spacial score (nSPS) is 17.2. The van der Waals surface area contributed by atoms with Crippen LogP contribution in [0.4, 0.5) is 15.9 Å². The molecular weight excluding hydrogens is 537 g/mol. The molecule has 0 atom stereocenters. The molecule has 0 spiro atoms. The first kappa shape index (κ1) is 25.3. The molecule has 2 saturated heterocycles. The molecule has 198 valence electrons. The topological polar surface area (TPSA) is 74.3 Å². The number of carbonyl (C=O) groups is 1. The number of carbonyl (C=O) groups excluding carboxylic acids is 1. The number of furan rings is 1. The highest BCUT2D eigenvalue weighted by Crippen LogP contribution is 2.35. The highest BCUT2D eigenvalue weighted by atomic mass is 32.2. The average molecular weight is 562 g/mol. The summed E-state index contributed by atoms with van der Waals surface area (Å²) in [6.07, 6.45) is 4.89. The van der Waals surface area contributed by atoms with Gasteiger partial charge in [0.1, 0.15) is 27.4 Å². The zero-order valence-electron chi connectivity index (χ0n) is 21.0. The quantitative estimate of drug-likeness (QED) is 0.261. The van der Waals surface area contributed by atoms with Gasteiger partial charge in [-0.15, -0.1) is 0 Å². The molecule has 0 saturated carbocycles. The lowest BCUT2D eigenvalue weighted by Gasteiger charge is -2.37. The molecule has 5 heterocycles. The Morgan fingerprint density at radius 1 is 1.05 bits per heavy atom. The van der Waals surface area contributed by atoms with Gasteiger partial charge in [-0.2, -0.15) is 0 Å². The number of piperazine rings is 1. The Morgan fingerprint density at radius 2 is 1.82 bits per heavy atom. The number of thiocarbonyl (C=S) groups is 1. The predicted molar refractivity (Wildman–Crippen MR) is 154 cm³/mol. The Labute approximate surface area is 233 Å². The third kappa shape index (κ3) is 4.83. The highest BCUT2D eigenvalue weighted by molar-refractivity contribution is 8.26. The molecule has 2 fully saturated rings. The van der Waals surface area contributed by atoms with Crippen molar-refractivity contribution in [2.75, 3.05) is 36.0 Å². The summed E-state index contributed by atoms with van der Waals surface area (Å²) in [5, 5.41) is 0. The van der Waals surface area contributed by atoms with Gasteiger partial charge in [-0.25, -0.2) is 9.37 Å². The summed E-state index contributed by atoms with van der Waals surface area (Å²) in [6.45, 7) is 4.29. The number of fused-ring (bicyclic) bond motifs is 1. The summed E-state index contributed by atoms with van der Waals surface area (Å²) in [5.74, 6) is 0.559. The number of halogens is 1. The van der Waals surface area contributed by atoms with E-state index in [0.29, 0.717) is 63.9 Å². The first-order valence-corrected chi connectivity index (χ1v) is 13.7. The molecule has 3 aromatic heterocycles. The third-order valence-electron chi connectivity index (χ3n) is 6.80. The van der Waals surface area contributed by atoms with Crippen molar-refractivity contribution in [2.24, 2.45) is 0 Å². The lowest BCUT2D eigenvalue weighted by atomic mass is 10.2. The minimum atomic E-state index is -0.287. The Kier molecular flexibility index (Phi) is 6.69. The predicted octanol–water partition coefficient (Wildman–Crippen LogP) is 4.46. The fourth-order valence-corrected chi connectivity index (χ4v) is 6.04. The van der Waals surface area contributed by atoms with E-state index in [2.05, 4.69) is 0 Å². The van der Waals surface area contributed by atoms with Gasteiger partial charge < -0.3 is 14.2 Å². The summed E-state index contributed by atoms with van der Waals surface area (Å²) >= 11 is 6.63. The van der Waals surface area contributed by atoms with Crippen LogP contribution in [-0.2, 0) is 11.3 Å². The summed E-state index contributed by atoms with van der Waals surface area (Å²) in [7, 11) is 0. The molecule has 0 N–H and O–H groups in total. The van der Waals surface area contributed by atoms with Gasteiger partial charge in [0.15, 0.2) is 0 Å². The molecule has 8 nitrogen and oxygen atoms in total. The highest BCUT2D eigenvalue weighted by Gasteiger charge is 2.34. The van der Waals surface area contributed by atoms with Crippen LogP contribution in [0.25, 0.3) is 11.7 Å². The van der Waals surface area contributed by atoms with Crippen molar-refractivity contribution in [3.8, 4) is 0 Å². The van der Waals surface area contributed by atoms with Crippen LogP contribution in [0.5, 0.6) is 0 Å². The molecule has 0 aliphatic carbocycles. The fourth-order valence-electron chi connectivity index (χ4n) is 4.81. The first-order valence-electron chi connectivity index (χ1n) is 12.4. The van der Waals surface area contributed by atoms with Gasteiger partial charge in [0, 0.05) is 32.4 Å². The molecular formula is C28H24FN5O3S2. The van der Waals surface area contributed by atoms with Gasteiger partial charge in [-0.1, -0.05) is 42.2 Å². The van der Waals surface area contributed by atoms with Crippen LogP contribution in [0, 0.1) is 12.7 Å². The van der Waals surface area contributed by atoms with Gasteiger partial charge in [0.25, 0.3) is 11.5 Å². The van der Waals surface area contributed by atoms with E-state index >= 15 is 0 Å². The zero-order valence-corrected chi connectivity index (χ0v) is 22.7. The summed E-state index contributed by atoms with van der Waals surface area (Å²) in [5.41, 5.74) is 2.02. The zero-order chi connectivity index (χ0) is 27.1. The molecule has 4 aromatic rings. The molecule has 6 rings (SSSR count). The Morgan fingerprint density at radius 3 is 2.56 bits per heavy atom. The van der Waals surface area contributed by atoms with E-state index in [1.165, 1.54) is 15.4 Å². The molecule has 11 heteroatoms. The van der Waals surface area contributed by atoms with Gasteiger partial charge in [0.05, 0.1) is 29.0 Å². The maximum atomic E-state index is 14.4. The van der Waals surface area contributed by atoms with Crippen molar-refractivity contribution in [3.63, 3.8) is 0 Å². The molecule has 0 bridgehead atoms. The number of rotatable bonds is 5. The van der Waals surface area contributed by atoms with E-state index in [4.69, 9.17) is 21.6 Å². The summed E-state index contributed by atoms with van der Waals surface area (Å²) in [6, 6.07) is 14.0. The number of pyridine rings is 1. The van der Waals surface area contributed by atoms with Crippen LogP contribution in [0.3, 0.4) is 0 Å². The van der Waals surface area contributed by atoms with Crippen molar-refractivity contribution >= 4 is 57.4 Å². The number of thioether (sulfide) groups is 1. The maximum Gasteiger partial charge on any atom is 0.267 e. The van der Waals surface area contributed by atoms with Crippen molar-refractivity contribution in [2.45, 2.75) is 13.5 Å². The summed E-state index contributed by atoms with van der Waals surface area (Å²) in [4.78, 5) is 37.8. The van der Waals surface area contributed by atoms with Crippen molar-refractivity contribution in [3.05, 3.63) is 99.0 Å². The Hall–Kier alpha value is -3.96. The van der Waals surface area contributed by atoms with Crippen LogP contribution < -0.4 is 15.4 Å². The number of nitrogens with zero attached hydrogens (tertiary/aromatic N) is 5. The molecule has 0 unspecified atom stereocenters. The SMILES string of the molecule is Cc1ccc2nc(N3CCN(c4ccccc4F)CC3)c(C=C3SC(=S)N(Cc4ccco4)C3=O)c(=O)n2c1. The van der Waals surface area contributed by atoms with Crippen molar-refractivity contribution in [1.82, 2.24) is 14.3 Å². The van der Waals surface area contributed by atoms with Crippen molar-refractivity contribution in [1.29, 1.82) is 0 Å². The van der Waals surface area contributed by atoms with E-state index in [-0.39, 0.29) is 23.8 Å². The van der Waals surface area contributed by atoms with Crippen LogP contribution in [-0.4, -0.2) is 50.7 Å². The van der Waals surface area contributed by atoms with Gasteiger partial charge >= 0.3 is 0 Å². The number of benzene rings is 1. The van der Waals surface area contributed by atoms with Crippen LogP contribution in [0.2, 0.25) is 0 Å². The van der Waals surface area contributed by atoms with Gasteiger partial charge in [0.2, 0.25) is 0 Å². The second kappa shape index (κ2) is 10.3. The first-order chi connectivity index (χ1) is 18.9. The largest absolute Gasteiger partial charge is 0.467 e. The van der Waals surface area contributed by atoms with Crippen LogP contribution in [0.1, 0.15) is 16.9 Å². The smallest absolute Gasteiger partial charge is 0.267 e. The number of aryl methyl sites for hydroxylation is 1. The van der Waals surface area contributed by atoms with Crippen LogP contribution >= 0.6 is 24.0 Å². The van der Waals surface area contributed by atoms with E-state index in [1.54, 1.807) is 42.8 Å². The number of amides is 1. The second-order valence-corrected chi connectivity index (χ2v) is 11.0. The number of hydrogen-bond acceptors (Lipinski definition) is 8. The van der Waals surface area contributed by atoms with Crippen molar-refractivity contribution < 1.29 is 13.6 Å². The fraction of sp³-hybridized carbons (Fsp3) is 0.214. The Bertz CT molecular complexity index is 1680. The number of anilines is 2. The Balaban J connectivity index is 1.36. The van der Waals surface area contributed by atoms with E-state index in [1.807, 2.05) is 34.9 Å². The summed E-state index contributed by atoms with van der Waals surface area (Å²) < 4.78 is 21.7. The number of para-hydroxylation sites is 1. The number of aromatic nitrogens is 2. The molecule has 39 heavy (non-hydrogen) atoms. The maximum absolute atomic E-state index is 14.4. The lowest BCUT2D eigenvalue weighted by Crippen LogP contribution is -2.47. The molecule has 1 aromatic carbocycles. The number of hydrogen-bond donors (Lipinski definition) is 0. The molecule has 0 radical (unpaired) electrons. The lowest BCUT2D eigenvalue weighted by molar-refractivity contribution is -0.122. The second-order valence-electron chi connectivity index (χ2n) is 9.36. The van der Waals surface area contributed by atoms with E-state index in [9.17, 15) is 14.0 Å². The minimum Gasteiger partial charge on any atom is -0.467 e. The molecule has 2 aliphatic rings. The monoisotopic (exact) mass is 561 g/mol. The standard InChI is InChI=1S/C28H24FN5O3S2/c1-18-8-9-24-30-25(32-12-10-31(11-13-32)22-7-3-2-6-21(22)29)20(26(35)33(24)16-18)15-23-27(36)34(28(38)39-23)17-19-5-4-14-37-19/h2-9,14-16H,10-13,17H2,1H3. The van der Waals surface area contributed by atoms with Gasteiger partial charge in [-0.3, -0.25) is 18.9 Å². The van der Waals surface area contributed by atoms with E-state index < -0.39 is 0 Å². The molecule has 2 aliphatic heterocycles. The van der Waals surface area contributed by atoms with Gasteiger partial charge in [-0.05, 0) is 48.9 Å². The van der Waals surface area contributed by atoms with E-state index in [0.717, 1.165) is 17.3 Å². The average Bonchev–Trinajstić information content (AvgIpc) is 3.55. The minimum absolute atomic E-state index is 0.216. The molecule has 1 amide bonds. The van der Waals surface area contributed by atoms with Crippen LogP contribution in [0.15, 0.2) is 75.1 Å².